The maximum Gasteiger partial charge on any atom is 0.268 e. The Morgan fingerprint density at radius 1 is 0.487 bits per heavy atom. The van der Waals surface area contributed by atoms with Crippen molar-refractivity contribution in [3.63, 3.8) is 0 Å². The van der Waals surface area contributed by atoms with Crippen molar-refractivity contribution in [2.75, 3.05) is 0 Å². The maximum atomic E-state index is 9.33. The summed E-state index contributed by atoms with van der Waals surface area (Å²) < 4.78 is 58.0. The first-order valence-electron chi connectivity index (χ1n) is 28.9. The Labute approximate surface area is 479 Å². The Balaban J connectivity index is 0.00000680. The fourth-order valence-corrected chi connectivity index (χ4v) is 11.0. The predicted octanol–water partition coefficient (Wildman–Crippen LogP) is 18.1. The number of hydrogen-bond donors (Lipinski definition) is 0. The molecule has 0 radical (unpaired) electrons. The van der Waals surface area contributed by atoms with E-state index in [0.717, 1.165) is 83.3 Å². The van der Waals surface area contributed by atoms with E-state index in [9.17, 15) is 2.74 Å². The van der Waals surface area contributed by atoms with Gasteiger partial charge in [-0.15, -0.1) is 29.7 Å². The molecule has 0 fully saturated rings. The fraction of sp³-hybridized carbons (Fsp3) is 0.167. The fourth-order valence-electron chi connectivity index (χ4n) is 11.0. The summed E-state index contributed by atoms with van der Waals surface area (Å²) in [5, 5.41) is 2.10. The summed E-state index contributed by atoms with van der Waals surface area (Å²) in [6.07, 6.45) is 5.77. The molecule has 3 aromatic heterocycles. The summed E-state index contributed by atoms with van der Waals surface area (Å²) in [6.45, 7) is 20.2. The Kier molecular flexibility index (Phi) is 11.0. The third-order valence-electron chi connectivity index (χ3n) is 15.1. The third-order valence-corrected chi connectivity index (χ3v) is 15.1. The molecule has 12 aromatic rings. The second kappa shape index (κ2) is 19.1. The van der Waals surface area contributed by atoms with Gasteiger partial charge in [0.05, 0.1) is 23.6 Å². The zero-order chi connectivity index (χ0) is 57.3. The Bertz CT molecular complexity index is 4570. The largest absolute Gasteiger partial charge is 0.510 e. The van der Waals surface area contributed by atoms with Gasteiger partial charge in [-0.3, -0.25) is 4.57 Å². The van der Waals surface area contributed by atoms with Crippen LogP contribution in [0.25, 0.3) is 106 Å². The molecular formula is C72H60N4OPt-2. The van der Waals surface area contributed by atoms with Crippen LogP contribution in [0.5, 0.6) is 11.5 Å². The van der Waals surface area contributed by atoms with E-state index in [2.05, 4.69) is 199 Å². The van der Waals surface area contributed by atoms with E-state index >= 15 is 0 Å². The third kappa shape index (κ3) is 8.79. The molecule has 0 unspecified atom stereocenters. The molecule has 0 amide bonds. The minimum absolute atomic E-state index is 0. The molecule has 386 valence electrons. The van der Waals surface area contributed by atoms with Crippen LogP contribution in [-0.2, 0) is 37.3 Å². The van der Waals surface area contributed by atoms with Crippen molar-refractivity contribution < 1.29 is 37.2 Å². The molecule has 78 heavy (non-hydrogen) atoms. The summed E-state index contributed by atoms with van der Waals surface area (Å²) in [4.78, 5) is 4.89. The van der Waals surface area contributed by atoms with Crippen LogP contribution < -0.4 is 9.30 Å². The van der Waals surface area contributed by atoms with Crippen molar-refractivity contribution in [3.8, 4) is 84.3 Å². The summed E-state index contributed by atoms with van der Waals surface area (Å²) in [6, 6.07) is 62.1. The standard InChI is InChI=1S/C72H60N4O.Pt/c1-70(2,3)49-35-36-73-67(42-49)76-64-32-18-17-29-60(64)61-34-33-54(44-65(61)76)77-53-24-19-23-52(43-53)74-45-75-68-55(48-37-50(71(4,5)6)41-51(38-48)72(7,8)9)30-20-31-62(68)58-27-15-13-25-56(58)57-26-14-16-28-59(57)63-39-47(40-66(74)69(63)75)46-21-11-10-12-22-46;/h10-42H,1-9H3;/q-2;/i10D,11D,12D,21D,22D;. The van der Waals surface area contributed by atoms with Crippen LogP contribution in [-0.4, -0.2) is 14.1 Å². The molecule has 13 rings (SSSR count). The van der Waals surface area contributed by atoms with Crippen LogP contribution in [0.2, 0.25) is 0 Å². The van der Waals surface area contributed by atoms with Crippen molar-refractivity contribution >= 4 is 32.8 Å². The minimum atomic E-state index is -0.451. The number of para-hydroxylation sites is 2. The van der Waals surface area contributed by atoms with Crippen LogP contribution in [0.15, 0.2) is 200 Å². The van der Waals surface area contributed by atoms with Gasteiger partial charge >= 0.3 is 0 Å². The normalized spacial score (nSPS) is 13.2. The molecule has 0 N–H and O–H groups in total. The van der Waals surface area contributed by atoms with Crippen LogP contribution >= 0.6 is 0 Å². The van der Waals surface area contributed by atoms with Gasteiger partial charge in [0.1, 0.15) is 5.82 Å². The second-order valence-electron chi connectivity index (χ2n) is 23.3. The molecule has 1 aliphatic heterocycles. The Hall–Kier alpha value is -8.11. The van der Waals surface area contributed by atoms with E-state index in [1.165, 1.54) is 16.7 Å². The maximum absolute atomic E-state index is 9.33. The monoisotopic (exact) mass is 1200 g/mol. The number of aromatic nitrogens is 4. The zero-order valence-electron chi connectivity index (χ0n) is 50.2. The quantitative estimate of drug-likeness (QED) is 0.123. The smallest absolute Gasteiger partial charge is 0.268 e. The summed E-state index contributed by atoms with van der Waals surface area (Å²) in [5.74, 6) is 1.71. The molecule has 4 heterocycles. The van der Waals surface area contributed by atoms with Crippen LogP contribution in [0.3, 0.4) is 0 Å². The molecule has 0 saturated heterocycles. The van der Waals surface area contributed by atoms with Gasteiger partial charge in [-0.25, -0.2) is 4.98 Å². The van der Waals surface area contributed by atoms with Crippen molar-refractivity contribution in [2.45, 2.75) is 78.6 Å². The number of imidazole rings is 1. The second-order valence-corrected chi connectivity index (χ2v) is 23.3. The molecule has 0 aliphatic carbocycles. The van der Waals surface area contributed by atoms with E-state index in [4.69, 9.17) is 13.8 Å². The van der Waals surface area contributed by atoms with Gasteiger partial charge in [0.2, 0.25) is 0 Å². The minimum Gasteiger partial charge on any atom is -0.510 e. The summed E-state index contributed by atoms with van der Waals surface area (Å²) >= 11 is 0. The van der Waals surface area contributed by atoms with E-state index in [0.29, 0.717) is 28.3 Å². The molecule has 0 atom stereocenters. The topological polar surface area (TPSA) is 35.9 Å². The molecule has 6 heteroatoms. The van der Waals surface area contributed by atoms with Crippen LogP contribution in [0.4, 0.5) is 0 Å². The molecule has 5 nitrogen and oxygen atoms in total. The van der Waals surface area contributed by atoms with Crippen LogP contribution in [0, 0.1) is 18.5 Å². The van der Waals surface area contributed by atoms with Crippen LogP contribution in [0.1, 0.15) is 85.9 Å². The Morgan fingerprint density at radius 3 is 1.78 bits per heavy atom. The molecule has 9 aromatic carbocycles. The average Bonchev–Trinajstić information content (AvgIpc) is 3.88. The number of fused-ring (bicyclic) bond motifs is 10. The number of ether oxygens (including phenoxy) is 1. The van der Waals surface area contributed by atoms with Crippen molar-refractivity contribution in [1.29, 1.82) is 0 Å². The molecule has 0 saturated carbocycles. The van der Waals surface area contributed by atoms with Crippen molar-refractivity contribution in [2.24, 2.45) is 0 Å². The van der Waals surface area contributed by atoms with Gasteiger partial charge in [-0.1, -0.05) is 207 Å². The summed E-state index contributed by atoms with van der Waals surface area (Å²) in [5.41, 5.74) is 16.3. The van der Waals surface area contributed by atoms with E-state index in [-0.39, 0.29) is 55.0 Å². The zero-order valence-corrected chi connectivity index (χ0v) is 47.5. The van der Waals surface area contributed by atoms with Crippen molar-refractivity contribution in [1.82, 2.24) is 14.1 Å². The van der Waals surface area contributed by atoms with Gasteiger partial charge < -0.3 is 13.9 Å². The first kappa shape index (κ1) is 45.0. The number of pyridine rings is 1. The van der Waals surface area contributed by atoms with Gasteiger partial charge in [0.25, 0.3) is 6.33 Å². The van der Waals surface area contributed by atoms with Gasteiger partial charge in [0, 0.05) is 44.3 Å². The van der Waals surface area contributed by atoms with E-state index < -0.39 is 18.1 Å². The van der Waals surface area contributed by atoms with E-state index in [1.807, 2.05) is 65.4 Å². The first-order valence-corrected chi connectivity index (χ1v) is 26.4. The van der Waals surface area contributed by atoms with E-state index in [1.54, 1.807) is 0 Å². The SMILES string of the molecule is [2H]c1c([2H])c([2H])c(-c2cc3c4c(c2)n(-c2[c-]c(Oc5[c-]c6c(cc5)c5ccccc5n6-c5cc(C(C)(C)C)ccn5)ccc2)[c-][n+]4-c2c(-c4cc(C(C)(C)C)cc(C(C)(C)C)c4)cccc2-c2ccccc2-c2ccccc2-3)c([2H])c1[2H].[Pt]. The van der Waals surface area contributed by atoms with Gasteiger partial charge in [-0.2, -0.15) is 18.2 Å². The Morgan fingerprint density at radius 2 is 1.09 bits per heavy atom. The predicted molar refractivity (Wildman–Crippen MR) is 317 cm³/mol. The van der Waals surface area contributed by atoms with Crippen molar-refractivity contribution in [3.05, 3.63) is 235 Å². The molecule has 0 bridgehead atoms. The average molecular weight is 1200 g/mol. The molecular weight excluding hydrogens is 1130 g/mol. The first-order chi connectivity index (χ1) is 39.1. The van der Waals surface area contributed by atoms with Gasteiger partial charge in [0.15, 0.2) is 0 Å². The molecule has 0 spiro atoms. The molecule has 1 aliphatic rings. The summed E-state index contributed by atoms with van der Waals surface area (Å²) in [7, 11) is 0. The number of nitrogens with zero attached hydrogens (tertiary/aromatic N) is 4. The number of rotatable bonds is 6. The van der Waals surface area contributed by atoms with Gasteiger partial charge in [-0.05, 0) is 124 Å². The number of benzene rings is 9. The number of hydrogen-bond acceptors (Lipinski definition) is 2.